The highest BCUT2D eigenvalue weighted by Gasteiger charge is 2.23. The van der Waals surface area contributed by atoms with Gasteiger partial charge in [-0.25, -0.2) is 0 Å². The average Bonchev–Trinajstić information content (AvgIpc) is 2.79. The highest BCUT2D eigenvalue weighted by molar-refractivity contribution is 14.0. The summed E-state index contributed by atoms with van der Waals surface area (Å²) in [6.07, 6.45) is 3.58. The van der Waals surface area contributed by atoms with Gasteiger partial charge in [0.1, 0.15) is 0 Å². The molecule has 1 aromatic rings. The van der Waals surface area contributed by atoms with Crippen molar-refractivity contribution in [1.82, 2.24) is 15.1 Å². The molecule has 2 aliphatic rings. The Labute approximate surface area is 205 Å². The van der Waals surface area contributed by atoms with Crippen LogP contribution >= 0.6 is 24.0 Å². The molecule has 7 heteroatoms. The summed E-state index contributed by atoms with van der Waals surface area (Å²) in [7, 11) is 2.16. The number of ether oxygens (including phenoxy) is 2. The van der Waals surface area contributed by atoms with Gasteiger partial charge in [-0.3, -0.25) is 9.89 Å². The Bertz CT molecular complexity index is 643. The lowest BCUT2D eigenvalue weighted by Crippen LogP contribution is -2.42. The van der Waals surface area contributed by atoms with E-state index in [0.29, 0.717) is 0 Å². The van der Waals surface area contributed by atoms with Gasteiger partial charge in [0, 0.05) is 46.4 Å². The molecule has 0 saturated carbocycles. The molecule has 0 aliphatic carbocycles. The Morgan fingerprint density at radius 2 is 1.77 bits per heavy atom. The van der Waals surface area contributed by atoms with Crippen LogP contribution in [0, 0.1) is 12.8 Å². The Morgan fingerprint density at radius 3 is 2.42 bits per heavy atom. The van der Waals surface area contributed by atoms with Crippen molar-refractivity contribution in [2.75, 3.05) is 66.2 Å². The molecule has 0 aromatic heterocycles. The minimum Gasteiger partial charge on any atom is -0.381 e. The van der Waals surface area contributed by atoms with Crippen LogP contribution in [0.3, 0.4) is 0 Å². The molecule has 1 unspecified atom stereocenters. The van der Waals surface area contributed by atoms with Gasteiger partial charge in [-0.15, -0.1) is 24.0 Å². The van der Waals surface area contributed by atoms with E-state index in [1.54, 1.807) is 0 Å². The zero-order valence-corrected chi connectivity index (χ0v) is 21.8. The van der Waals surface area contributed by atoms with Crippen molar-refractivity contribution in [3.63, 3.8) is 0 Å². The van der Waals surface area contributed by atoms with Crippen molar-refractivity contribution >= 4 is 29.9 Å². The van der Waals surface area contributed by atoms with E-state index < -0.39 is 0 Å². The van der Waals surface area contributed by atoms with E-state index in [4.69, 9.17) is 14.5 Å². The zero-order valence-electron chi connectivity index (χ0n) is 19.5. The van der Waals surface area contributed by atoms with E-state index in [9.17, 15) is 0 Å². The predicted molar refractivity (Wildman–Crippen MR) is 138 cm³/mol. The molecule has 0 bridgehead atoms. The quantitative estimate of drug-likeness (QED) is 0.308. The SMILES string of the molecule is CCNC(=NCC(c1ccc(C)cc1)N1CCOCC1)N(C)CCC1CCOCC1.I. The number of guanidine groups is 1. The Hall–Kier alpha value is -0.900. The largest absolute Gasteiger partial charge is 0.381 e. The lowest BCUT2D eigenvalue weighted by molar-refractivity contribution is 0.0179. The number of nitrogens with zero attached hydrogens (tertiary/aromatic N) is 3. The van der Waals surface area contributed by atoms with E-state index in [-0.39, 0.29) is 30.0 Å². The monoisotopic (exact) mass is 544 g/mol. The fourth-order valence-electron chi connectivity index (χ4n) is 4.27. The minimum absolute atomic E-state index is 0. The molecule has 0 amide bonds. The van der Waals surface area contributed by atoms with E-state index in [2.05, 4.69) is 60.3 Å². The number of benzene rings is 1. The van der Waals surface area contributed by atoms with Crippen LogP contribution in [-0.4, -0.2) is 82.0 Å². The van der Waals surface area contributed by atoms with E-state index in [1.165, 1.54) is 30.4 Å². The normalized spacial score (nSPS) is 19.5. The van der Waals surface area contributed by atoms with Crippen LogP contribution in [0.25, 0.3) is 0 Å². The van der Waals surface area contributed by atoms with Crippen LogP contribution in [0.2, 0.25) is 0 Å². The number of aryl methyl sites for hydroxylation is 1. The van der Waals surface area contributed by atoms with Gasteiger partial charge < -0.3 is 19.7 Å². The third-order valence-electron chi connectivity index (χ3n) is 6.27. The molecule has 1 N–H and O–H groups in total. The Kier molecular flexibility index (Phi) is 12.1. The first-order chi connectivity index (χ1) is 14.7. The Morgan fingerprint density at radius 1 is 1.13 bits per heavy atom. The molecule has 1 atom stereocenters. The van der Waals surface area contributed by atoms with E-state index in [1.807, 2.05) is 0 Å². The first-order valence-electron chi connectivity index (χ1n) is 11.6. The standard InChI is InChI=1S/C24H40N4O2.HI/c1-4-25-24(27(3)12-9-21-10-15-29-16-11-21)26-19-23(28-13-17-30-18-14-28)22-7-5-20(2)6-8-22;/h5-8,21,23H,4,9-19H2,1-3H3,(H,25,26);1H. The van der Waals surface area contributed by atoms with Gasteiger partial charge in [-0.05, 0) is 44.6 Å². The summed E-state index contributed by atoms with van der Waals surface area (Å²) in [6, 6.07) is 9.21. The zero-order chi connectivity index (χ0) is 21.2. The first-order valence-corrected chi connectivity index (χ1v) is 11.6. The third kappa shape index (κ3) is 8.51. The van der Waals surface area contributed by atoms with E-state index >= 15 is 0 Å². The maximum atomic E-state index is 5.59. The van der Waals surface area contributed by atoms with Gasteiger partial charge in [0.2, 0.25) is 0 Å². The molecule has 2 fully saturated rings. The van der Waals surface area contributed by atoms with Crippen molar-refractivity contribution in [3.8, 4) is 0 Å². The molecule has 0 radical (unpaired) electrons. The third-order valence-corrected chi connectivity index (χ3v) is 6.27. The van der Waals surface area contributed by atoms with Crippen LogP contribution in [0.15, 0.2) is 29.3 Å². The molecule has 1 aromatic carbocycles. The highest BCUT2D eigenvalue weighted by atomic mass is 127. The summed E-state index contributed by atoms with van der Waals surface area (Å²) >= 11 is 0. The van der Waals surface area contributed by atoms with Crippen molar-refractivity contribution < 1.29 is 9.47 Å². The minimum atomic E-state index is 0. The summed E-state index contributed by atoms with van der Waals surface area (Å²) in [5.41, 5.74) is 2.64. The van der Waals surface area contributed by atoms with Crippen molar-refractivity contribution in [2.45, 2.75) is 39.2 Å². The number of aliphatic imine (C=N–C) groups is 1. The van der Waals surface area contributed by atoms with Gasteiger partial charge in [0.25, 0.3) is 0 Å². The molecule has 2 saturated heterocycles. The van der Waals surface area contributed by atoms with Gasteiger partial charge in [0.15, 0.2) is 5.96 Å². The molecule has 6 nitrogen and oxygen atoms in total. The number of rotatable bonds is 8. The summed E-state index contributed by atoms with van der Waals surface area (Å²) < 4.78 is 11.1. The fourth-order valence-corrected chi connectivity index (χ4v) is 4.27. The maximum absolute atomic E-state index is 5.59. The summed E-state index contributed by atoms with van der Waals surface area (Å²) in [6.45, 7) is 12.3. The second-order valence-corrected chi connectivity index (χ2v) is 8.54. The molecular weight excluding hydrogens is 503 g/mol. The van der Waals surface area contributed by atoms with Gasteiger partial charge in [-0.2, -0.15) is 0 Å². The van der Waals surface area contributed by atoms with Gasteiger partial charge in [-0.1, -0.05) is 29.8 Å². The van der Waals surface area contributed by atoms with Crippen molar-refractivity contribution in [1.29, 1.82) is 0 Å². The Balaban J connectivity index is 0.00000341. The molecule has 3 rings (SSSR count). The second-order valence-electron chi connectivity index (χ2n) is 8.54. The van der Waals surface area contributed by atoms with Crippen LogP contribution in [-0.2, 0) is 9.47 Å². The maximum Gasteiger partial charge on any atom is 0.193 e. The fraction of sp³-hybridized carbons (Fsp3) is 0.708. The van der Waals surface area contributed by atoms with Gasteiger partial charge >= 0.3 is 0 Å². The van der Waals surface area contributed by atoms with Gasteiger partial charge in [0.05, 0.1) is 25.8 Å². The summed E-state index contributed by atoms with van der Waals surface area (Å²) in [4.78, 5) is 9.89. The topological polar surface area (TPSA) is 49.3 Å². The smallest absolute Gasteiger partial charge is 0.193 e. The van der Waals surface area contributed by atoms with Crippen LogP contribution in [0.5, 0.6) is 0 Å². The number of hydrogen-bond acceptors (Lipinski definition) is 4. The average molecular weight is 545 g/mol. The molecule has 2 heterocycles. The first kappa shape index (κ1) is 26.4. The number of hydrogen-bond donors (Lipinski definition) is 1. The highest BCUT2D eigenvalue weighted by Crippen LogP contribution is 2.23. The van der Waals surface area contributed by atoms with Crippen LogP contribution in [0.1, 0.15) is 43.4 Å². The summed E-state index contributed by atoms with van der Waals surface area (Å²) in [5.74, 6) is 1.78. The number of morpholine rings is 1. The number of nitrogens with one attached hydrogen (secondary N) is 1. The van der Waals surface area contributed by atoms with Crippen molar-refractivity contribution in [2.24, 2.45) is 10.9 Å². The van der Waals surface area contributed by atoms with Crippen LogP contribution < -0.4 is 5.32 Å². The number of halogens is 1. The van der Waals surface area contributed by atoms with Crippen LogP contribution in [0.4, 0.5) is 0 Å². The predicted octanol–water partition coefficient (Wildman–Crippen LogP) is 3.70. The lowest BCUT2D eigenvalue weighted by atomic mass is 9.96. The molecule has 0 spiro atoms. The second kappa shape index (κ2) is 14.3. The van der Waals surface area contributed by atoms with Crippen molar-refractivity contribution in [3.05, 3.63) is 35.4 Å². The molecule has 176 valence electrons. The van der Waals surface area contributed by atoms with E-state index in [0.717, 1.165) is 71.0 Å². The molecular formula is C24H41IN4O2. The summed E-state index contributed by atoms with van der Waals surface area (Å²) in [5, 5.41) is 3.50. The lowest BCUT2D eigenvalue weighted by Gasteiger charge is -2.34. The molecule has 2 aliphatic heterocycles. The molecule has 31 heavy (non-hydrogen) atoms.